The number of hydrogen-bond donors (Lipinski definition) is 6. The highest BCUT2D eigenvalue weighted by Crippen LogP contribution is 2.44. The lowest BCUT2D eigenvalue weighted by molar-refractivity contribution is -0.138. The number of halogens is 21. The van der Waals surface area contributed by atoms with Gasteiger partial charge in [0.2, 0.25) is 11.8 Å². The van der Waals surface area contributed by atoms with Crippen molar-refractivity contribution in [2.24, 2.45) is 0 Å². The minimum Gasteiger partial charge on any atom is -0.497 e. The van der Waals surface area contributed by atoms with Crippen LogP contribution in [0.25, 0.3) is 0 Å². The molecule has 10 aromatic carbocycles. The molecule has 0 saturated heterocycles. The molecule has 2 unspecified atom stereocenters. The first-order valence-corrected chi connectivity index (χ1v) is 39.4. The van der Waals surface area contributed by atoms with Crippen LogP contribution < -0.4 is 50.0 Å². The molecule has 4 aliphatic rings. The zero-order valence-corrected chi connectivity index (χ0v) is 69.4. The molecular formula is C86H73BrCl4F16N6O11. The summed E-state index contributed by atoms with van der Waals surface area (Å²) in [6.45, 7) is 1.40. The Labute approximate surface area is 726 Å². The average Bonchev–Trinajstić information content (AvgIpc) is 1.61. The highest BCUT2D eigenvalue weighted by atomic mass is 79.9. The predicted molar refractivity (Wildman–Crippen MR) is 440 cm³/mol. The normalized spacial score (nSPS) is 13.4. The van der Waals surface area contributed by atoms with Crippen molar-refractivity contribution in [2.75, 3.05) is 97.9 Å². The highest BCUT2D eigenvalue weighted by molar-refractivity contribution is 9.09. The molecule has 0 radical (unpaired) electrons. The number of nitrogen functional groups attached to an aromatic ring is 1. The third-order valence-corrected chi connectivity index (χ3v) is 20.7. The van der Waals surface area contributed by atoms with Crippen LogP contribution in [0.2, 0.25) is 20.1 Å². The molecule has 0 fully saturated rings. The number of benzene rings is 10. The van der Waals surface area contributed by atoms with Crippen LogP contribution in [-0.2, 0) is 82.4 Å². The Morgan fingerprint density at radius 3 is 1.27 bits per heavy atom. The Hall–Kier alpha value is -10.9. The van der Waals surface area contributed by atoms with Gasteiger partial charge in [-0.15, -0.1) is 0 Å². The molecule has 0 saturated carbocycles. The monoisotopic (exact) mass is 1890 g/mol. The number of nitrogens with one attached hydrogen (secondary N) is 2. The number of amides is 3. The maximum absolute atomic E-state index is 15.0. The van der Waals surface area contributed by atoms with Crippen molar-refractivity contribution in [3.05, 3.63) is 292 Å². The molecule has 124 heavy (non-hydrogen) atoms. The number of anilines is 6. The molecule has 38 heteroatoms. The van der Waals surface area contributed by atoms with Crippen molar-refractivity contribution in [3.8, 4) is 23.0 Å². The average molecular weight is 1890 g/mol. The van der Waals surface area contributed by atoms with E-state index in [1.165, 1.54) is 107 Å². The van der Waals surface area contributed by atoms with Crippen molar-refractivity contribution < 1.29 is 124 Å². The molecule has 4 heterocycles. The lowest BCUT2D eigenvalue weighted by atomic mass is 10.0. The Morgan fingerprint density at radius 1 is 0.460 bits per heavy atom. The maximum atomic E-state index is 15.0. The van der Waals surface area contributed by atoms with Crippen LogP contribution in [0.3, 0.4) is 0 Å². The summed E-state index contributed by atoms with van der Waals surface area (Å²) < 4.78 is 231. The summed E-state index contributed by atoms with van der Waals surface area (Å²) in [5.41, 5.74) is 7.78. The minimum absolute atomic E-state index is 0.00683. The van der Waals surface area contributed by atoms with E-state index >= 15 is 4.39 Å². The van der Waals surface area contributed by atoms with Gasteiger partial charge >= 0.3 is 30.7 Å². The molecular weight excluding hydrogens is 1820 g/mol. The van der Waals surface area contributed by atoms with Gasteiger partial charge < -0.3 is 65.3 Å². The van der Waals surface area contributed by atoms with Crippen molar-refractivity contribution in [1.29, 1.82) is 0 Å². The van der Waals surface area contributed by atoms with Gasteiger partial charge in [-0.1, -0.05) is 111 Å². The Kier molecular flexibility index (Phi) is 33.4. The second kappa shape index (κ2) is 42.7. The van der Waals surface area contributed by atoms with Gasteiger partial charge in [0, 0.05) is 128 Å². The van der Waals surface area contributed by atoms with Gasteiger partial charge in [0.25, 0.3) is 5.91 Å². The number of carbonyl (C=O) groups excluding carboxylic acids is 3. The molecule has 0 aromatic heterocycles. The number of nitrogens with zero attached hydrogens (tertiary/aromatic N) is 3. The Bertz CT molecular complexity index is 5480. The lowest BCUT2D eigenvalue weighted by Gasteiger charge is -2.27. The predicted octanol–water partition coefficient (Wildman–Crippen LogP) is 21.2. The largest absolute Gasteiger partial charge is 0.497 e. The number of aliphatic carboxylic acids is 1. The summed E-state index contributed by atoms with van der Waals surface area (Å²) >= 11 is 25.9. The van der Waals surface area contributed by atoms with Gasteiger partial charge in [-0.05, 0) is 156 Å². The quantitative estimate of drug-likeness (QED) is 0.0267. The van der Waals surface area contributed by atoms with Crippen LogP contribution in [0.1, 0.15) is 77.6 Å². The fourth-order valence-electron chi connectivity index (χ4n) is 12.9. The molecule has 0 aliphatic carbocycles. The first kappa shape index (κ1) is 96.9. The molecule has 3 amide bonds. The van der Waals surface area contributed by atoms with Crippen LogP contribution in [-0.4, -0.2) is 106 Å². The first-order valence-electron chi connectivity index (χ1n) is 37.0. The van der Waals surface area contributed by atoms with E-state index in [4.69, 9.17) is 86.4 Å². The molecule has 660 valence electrons. The van der Waals surface area contributed by atoms with Gasteiger partial charge in [0.05, 0.1) is 62.5 Å². The number of alkyl halides is 13. The summed E-state index contributed by atoms with van der Waals surface area (Å²) in [5, 5.41) is 32.6. The zero-order chi connectivity index (χ0) is 90.9. The number of carboxylic acids is 1. The number of aliphatic hydroxyl groups is 2. The second-order valence-electron chi connectivity index (χ2n) is 27.3. The van der Waals surface area contributed by atoms with Crippen molar-refractivity contribution in [1.82, 2.24) is 0 Å². The third kappa shape index (κ3) is 26.4. The van der Waals surface area contributed by atoms with E-state index in [1.807, 2.05) is 0 Å². The van der Waals surface area contributed by atoms with E-state index in [9.17, 15) is 85.0 Å². The summed E-state index contributed by atoms with van der Waals surface area (Å²) in [7, 11) is 2.99. The molecule has 0 bridgehead atoms. The molecule has 7 N–H and O–H groups in total. The number of aliphatic hydroxyl groups excluding tert-OH is 2. The second-order valence-corrected chi connectivity index (χ2v) is 30.0. The number of carboxylic acid groups (broad SMARTS) is 1. The van der Waals surface area contributed by atoms with Crippen molar-refractivity contribution in [2.45, 2.75) is 74.1 Å². The highest BCUT2D eigenvalue weighted by Gasteiger charge is 2.40. The van der Waals surface area contributed by atoms with Crippen LogP contribution >= 0.6 is 62.3 Å². The van der Waals surface area contributed by atoms with E-state index in [2.05, 4.69) is 26.6 Å². The van der Waals surface area contributed by atoms with E-state index in [1.54, 1.807) is 37.4 Å². The standard InChI is InChI=1S/C26H23ClF4N2O4.C17H11BrClF4NO.C17H12ClF4NO.C9H8F3N.C9H13NO3.C8H6ClFO2/c1-36-19-12-18(13-20(14-19)37-9-8-34)32-24(21-5-4-17(27)11-22(21)28)25(35)33-7-6-15-2-3-16(10-23(15)33)26(29,30)31;18-15(12-4-3-11(19)8-13(12)20)16(25)24-6-5-9-1-2-10(7-14(9)24)17(21,22)23;18-13-4-2-11(14(19)9-13)7-16(24)23-6-5-10-1-3-12(8-15(10)23)17(20,21)22;10-9(11,12)7-2-1-6-3-4-13-8(6)5-7;1-12-8-4-7(10)5-9(6-8)13-3-2-11;9-6-2-1-5(3-8(11)12)7(10)4-6/h2-5,10-14,24,32,34H,6-9H2,1H3;1-4,7-8,15H,5-6H2;1-4,8-9H,5-7H2;1-2,5,13H,3-4H2;4-6,11H,2-3,10H2,1H3;1-2,4H,3H2,(H,11,12). The number of rotatable bonds is 18. The van der Waals surface area contributed by atoms with Crippen LogP contribution in [0.5, 0.6) is 23.0 Å². The number of nitrogens with two attached hydrogens (primary N) is 1. The van der Waals surface area contributed by atoms with Gasteiger partial charge in [-0.25, -0.2) is 17.6 Å². The van der Waals surface area contributed by atoms with Crippen LogP contribution in [0.15, 0.2) is 182 Å². The minimum atomic E-state index is -4.59. The summed E-state index contributed by atoms with van der Waals surface area (Å²) in [4.78, 5) is 51.9. The van der Waals surface area contributed by atoms with Crippen LogP contribution in [0, 0.1) is 23.3 Å². The van der Waals surface area contributed by atoms with Crippen LogP contribution in [0.4, 0.5) is 104 Å². The summed E-state index contributed by atoms with van der Waals surface area (Å²) in [6.07, 6.45) is -16.3. The Balaban J connectivity index is 0.000000177. The van der Waals surface area contributed by atoms with E-state index in [0.717, 1.165) is 85.3 Å². The van der Waals surface area contributed by atoms with Gasteiger partial charge in [0.1, 0.15) is 70.3 Å². The fraction of sp³-hybridized carbons (Fsp3) is 0.256. The van der Waals surface area contributed by atoms with E-state index in [0.29, 0.717) is 76.0 Å². The Morgan fingerprint density at radius 2 is 0.839 bits per heavy atom. The third-order valence-electron chi connectivity index (χ3n) is 18.9. The van der Waals surface area contributed by atoms with Crippen molar-refractivity contribution in [3.63, 3.8) is 0 Å². The summed E-state index contributed by atoms with van der Waals surface area (Å²) in [5.74, 6) is -3.37. The van der Waals surface area contributed by atoms with Gasteiger partial charge in [-0.3, -0.25) is 19.2 Å². The maximum Gasteiger partial charge on any atom is 0.416 e. The van der Waals surface area contributed by atoms with Crippen molar-refractivity contribution >= 4 is 120 Å². The molecule has 14 rings (SSSR count). The molecule has 10 aromatic rings. The zero-order valence-electron chi connectivity index (χ0n) is 64.8. The molecule has 17 nitrogen and oxygen atoms in total. The number of methoxy groups -OCH3 is 2. The van der Waals surface area contributed by atoms with E-state index < -0.39 is 105 Å². The fourth-order valence-corrected chi connectivity index (χ4v) is 14.1. The lowest BCUT2D eigenvalue weighted by Crippen LogP contribution is -2.37. The number of ether oxygens (including phenoxy) is 4. The first-order chi connectivity index (χ1) is 58.5. The van der Waals surface area contributed by atoms with Gasteiger partial charge in [-0.2, -0.15) is 52.7 Å². The molecule has 4 aliphatic heterocycles. The number of fused-ring (bicyclic) bond motifs is 4. The number of hydrogen-bond acceptors (Lipinski definition) is 13. The molecule has 0 spiro atoms. The topological polar surface area (TPSA) is 226 Å². The van der Waals surface area contributed by atoms with E-state index in [-0.39, 0.29) is 118 Å². The summed E-state index contributed by atoms with van der Waals surface area (Å²) in [6, 6.07) is 37.8. The smallest absolute Gasteiger partial charge is 0.416 e. The number of carbonyl (C=O) groups is 4. The van der Waals surface area contributed by atoms with Gasteiger partial charge in [0.15, 0.2) is 0 Å². The molecule has 2 atom stereocenters. The SMILES string of the molecule is COc1cc(N)cc(OCCO)c1.COc1cc(NC(C(=O)N2CCc3ccc(C(F)(F)F)cc32)c2ccc(Cl)cc2F)cc(OCCO)c1.FC(F)(F)c1ccc2c(c1)NCC2.O=C(C(Br)c1ccc(Cl)cc1F)N1CCc2ccc(C(F)(F)F)cc21.O=C(Cc1ccc(Cl)cc1F)N1CCc2ccc(C(F)(F)F)cc21.O=C(O)Cc1ccc(Cl)cc1F.